The molecule has 1 saturated heterocycles. The fraction of sp³-hybridized carbons (Fsp3) is 0.381. The van der Waals surface area contributed by atoms with Crippen LogP contribution in [0.1, 0.15) is 23.7 Å². The molecule has 3 rings (SSSR count). The van der Waals surface area contributed by atoms with Crippen molar-refractivity contribution in [2.45, 2.75) is 20.4 Å². The van der Waals surface area contributed by atoms with Crippen LogP contribution in [-0.4, -0.2) is 64.4 Å². The number of nitrogens with zero attached hydrogens (tertiary/aromatic N) is 4. The lowest BCUT2D eigenvalue weighted by molar-refractivity contribution is -0.127. The first-order valence-corrected chi connectivity index (χ1v) is 10.5. The summed E-state index contributed by atoms with van der Waals surface area (Å²) in [5, 5.41) is 5.63. The van der Waals surface area contributed by atoms with Crippen LogP contribution in [0.5, 0.6) is 0 Å². The second-order valence-electron chi connectivity index (χ2n) is 6.92. The van der Waals surface area contributed by atoms with E-state index in [1.54, 1.807) is 27.5 Å². The normalized spacial score (nSPS) is 14.4. The Balaban J connectivity index is 1.62. The van der Waals surface area contributed by atoms with Crippen LogP contribution in [0.2, 0.25) is 10.2 Å². The lowest BCUT2D eigenvalue weighted by atomic mass is 10.2. The Morgan fingerprint density at radius 3 is 2.37 bits per heavy atom. The molecular weight excluding hydrogens is 427 g/mol. The van der Waals surface area contributed by atoms with Gasteiger partial charge >= 0.3 is 6.09 Å². The molecule has 160 valence electrons. The third-order valence-electron chi connectivity index (χ3n) is 4.86. The second-order valence-corrected chi connectivity index (χ2v) is 7.71. The van der Waals surface area contributed by atoms with Gasteiger partial charge in [0.15, 0.2) is 0 Å². The van der Waals surface area contributed by atoms with Gasteiger partial charge in [0.1, 0.15) is 5.15 Å². The molecule has 0 aliphatic carbocycles. The van der Waals surface area contributed by atoms with Gasteiger partial charge in [-0.25, -0.2) is 9.48 Å². The molecule has 0 saturated carbocycles. The number of halogens is 2. The number of hydrogen-bond acceptors (Lipinski definition) is 4. The fourth-order valence-electron chi connectivity index (χ4n) is 3.21. The van der Waals surface area contributed by atoms with Gasteiger partial charge in [-0.05, 0) is 37.6 Å². The lowest BCUT2D eigenvalue weighted by Crippen LogP contribution is -2.50. The van der Waals surface area contributed by atoms with Gasteiger partial charge in [0, 0.05) is 42.8 Å². The number of carbonyl (C=O) groups is 2. The van der Waals surface area contributed by atoms with Crippen LogP contribution in [0.25, 0.3) is 6.08 Å². The second kappa shape index (κ2) is 10.00. The number of aryl methyl sites for hydroxylation is 1. The Morgan fingerprint density at radius 2 is 1.73 bits per heavy atom. The van der Waals surface area contributed by atoms with Gasteiger partial charge in [0.05, 0.1) is 18.8 Å². The van der Waals surface area contributed by atoms with Gasteiger partial charge in [-0.1, -0.05) is 35.3 Å². The van der Waals surface area contributed by atoms with E-state index in [0.717, 1.165) is 11.3 Å². The number of carbonyl (C=O) groups excluding carboxylic acids is 2. The van der Waals surface area contributed by atoms with Crippen LogP contribution in [0, 0.1) is 6.92 Å². The van der Waals surface area contributed by atoms with E-state index in [9.17, 15) is 9.59 Å². The molecule has 2 amide bonds. The zero-order valence-corrected chi connectivity index (χ0v) is 18.5. The summed E-state index contributed by atoms with van der Waals surface area (Å²) in [6, 6.07) is 7.49. The van der Waals surface area contributed by atoms with Crippen molar-refractivity contribution in [2.75, 3.05) is 32.8 Å². The zero-order valence-electron chi connectivity index (χ0n) is 17.0. The van der Waals surface area contributed by atoms with Crippen LogP contribution in [0.4, 0.5) is 4.79 Å². The highest BCUT2D eigenvalue weighted by Gasteiger charge is 2.24. The molecule has 0 N–H and O–H groups in total. The summed E-state index contributed by atoms with van der Waals surface area (Å²) in [5.74, 6) is -0.126. The maximum atomic E-state index is 12.5. The van der Waals surface area contributed by atoms with Crippen molar-refractivity contribution in [2.24, 2.45) is 0 Å². The highest BCUT2D eigenvalue weighted by atomic mass is 35.5. The average molecular weight is 451 g/mol. The molecule has 1 aromatic heterocycles. The van der Waals surface area contributed by atoms with E-state index in [1.165, 1.54) is 6.08 Å². The average Bonchev–Trinajstić information content (AvgIpc) is 3.00. The summed E-state index contributed by atoms with van der Waals surface area (Å²) in [6.07, 6.45) is 2.86. The number of aromatic nitrogens is 2. The molecule has 1 fully saturated rings. The molecule has 1 aromatic carbocycles. The van der Waals surface area contributed by atoms with E-state index < -0.39 is 0 Å². The number of rotatable bonds is 5. The molecule has 7 nitrogen and oxygen atoms in total. The van der Waals surface area contributed by atoms with Gasteiger partial charge < -0.3 is 14.5 Å². The summed E-state index contributed by atoms with van der Waals surface area (Å²) in [4.78, 5) is 27.6. The van der Waals surface area contributed by atoms with Gasteiger partial charge in [-0.3, -0.25) is 4.79 Å². The van der Waals surface area contributed by atoms with Crippen LogP contribution >= 0.6 is 23.2 Å². The van der Waals surface area contributed by atoms with E-state index >= 15 is 0 Å². The van der Waals surface area contributed by atoms with Gasteiger partial charge in [0.2, 0.25) is 5.91 Å². The van der Waals surface area contributed by atoms with Crippen LogP contribution in [0.3, 0.4) is 0 Å². The number of benzene rings is 1. The number of piperazine rings is 1. The quantitative estimate of drug-likeness (QED) is 0.648. The minimum atomic E-state index is -0.337. The van der Waals surface area contributed by atoms with Crippen molar-refractivity contribution in [3.05, 3.63) is 57.3 Å². The maximum absolute atomic E-state index is 12.5. The van der Waals surface area contributed by atoms with Crippen molar-refractivity contribution >= 4 is 41.3 Å². The van der Waals surface area contributed by atoms with E-state index in [2.05, 4.69) is 5.10 Å². The Labute approximate surface area is 185 Å². The zero-order chi connectivity index (χ0) is 21.7. The van der Waals surface area contributed by atoms with Crippen LogP contribution < -0.4 is 0 Å². The van der Waals surface area contributed by atoms with E-state index in [4.69, 9.17) is 27.9 Å². The first kappa shape index (κ1) is 22.2. The van der Waals surface area contributed by atoms with Crippen molar-refractivity contribution in [3.63, 3.8) is 0 Å². The summed E-state index contributed by atoms with van der Waals surface area (Å²) in [6.45, 7) is 6.31. The third kappa shape index (κ3) is 5.34. The summed E-state index contributed by atoms with van der Waals surface area (Å²) in [5.41, 5.74) is 2.48. The molecule has 30 heavy (non-hydrogen) atoms. The third-order valence-corrected chi connectivity index (χ3v) is 5.52. The molecule has 0 radical (unpaired) electrons. The monoisotopic (exact) mass is 450 g/mol. The first-order chi connectivity index (χ1) is 14.4. The van der Waals surface area contributed by atoms with Crippen molar-refractivity contribution in [1.82, 2.24) is 19.6 Å². The molecular formula is C21H24Cl2N4O3. The van der Waals surface area contributed by atoms with Gasteiger partial charge in [-0.15, -0.1) is 0 Å². The minimum absolute atomic E-state index is 0.126. The minimum Gasteiger partial charge on any atom is -0.450 e. The standard InChI is InChI=1S/C21H24Cl2N4O3/c1-3-30-21(29)26-12-10-25(11-13-26)19(28)9-8-18-15(2)24-27(20(18)23)14-16-4-6-17(22)7-5-16/h4-9H,3,10-14H2,1-2H3/b9-8+. The summed E-state index contributed by atoms with van der Waals surface area (Å²) >= 11 is 12.4. The van der Waals surface area contributed by atoms with Crippen LogP contribution in [0.15, 0.2) is 30.3 Å². The number of amides is 2. The summed E-state index contributed by atoms with van der Waals surface area (Å²) < 4.78 is 6.70. The Hall–Kier alpha value is -2.51. The maximum Gasteiger partial charge on any atom is 0.409 e. The largest absolute Gasteiger partial charge is 0.450 e. The molecule has 1 aliphatic heterocycles. The first-order valence-electron chi connectivity index (χ1n) is 9.75. The lowest BCUT2D eigenvalue weighted by Gasteiger charge is -2.33. The van der Waals surface area contributed by atoms with Crippen LogP contribution in [-0.2, 0) is 16.1 Å². The number of ether oxygens (including phenoxy) is 1. The molecule has 0 unspecified atom stereocenters. The molecule has 0 bridgehead atoms. The molecule has 2 aromatic rings. The van der Waals surface area contributed by atoms with Gasteiger partial charge in [-0.2, -0.15) is 5.10 Å². The SMILES string of the molecule is CCOC(=O)N1CCN(C(=O)/C=C/c2c(C)nn(Cc3ccc(Cl)cc3)c2Cl)CC1. The van der Waals surface area contributed by atoms with Crippen molar-refractivity contribution < 1.29 is 14.3 Å². The van der Waals surface area contributed by atoms with E-state index in [0.29, 0.717) is 55.1 Å². The predicted molar refractivity (Wildman–Crippen MR) is 117 cm³/mol. The van der Waals surface area contributed by atoms with E-state index in [-0.39, 0.29) is 12.0 Å². The Bertz CT molecular complexity index is 932. The van der Waals surface area contributed by atoms with E-state index in [1.807, 2.05) is 31.2 Å². The number of hydrogen-bond donors (Lipinski definition) is 0. The molecule has 1 aliphatic rings. The summed E-state index contributed by atoms with van der Waals surface area (Å²) in [7, 11) is 0. The fourth-order valence-corrected chi connectivity index (χ4v) is 3.63. The van der Waals surface area contributed by atoms with Crippen molar-refractivity contribution in [1.29, 1.82) is 0 Å². The predicted octanol–water partition coefficient (Wildman–Crippen LogP) is 3.86. The smallest absolute Gasteiger partial charge is 0.409 e. The van der Waals surface area contributed by atoms with Crippen molar-refractivity contribution in [3.8, 4) is 0 Å². The molecule has 0 atom stereocenters. The highest BCUT2D eigenvalue weighted by molar-refractivity contribution is 6.31. The van der Waals surface area contributed by atoms with Gasteiger partial charge in [0.25, 0.3) is 0 Å². The Morgan fingerprint density at radius 1 is 1.10 bits per heavy atom. The molecule has 0 spiro atoms. The highest BCUT2D eigenvalue weighted by Crippen LogP contribution is 2.23. The topological polar surface area (TPSA) is 67.7 Å². The molecule has 9 heteroatoms. The molecule has 2 heterocycles. The Kier molecular flexibility index (Phi) is 7.39.